The number of hydrogen-bond acceptors (Lipinski definition) is 3. The summed E-state index contributed by atoms with van der Waals surface area (Å²) in [6.45, 7) is 2.24. The third-order valence-corrected chi connectivity index (χ3v) is 4.75. The fourth-order valence-corrected chi connectivity index (χ4v) is 3.29. The summed E-state index contributed by atoms with van der Waals surface area (Å²) in [5, 5.41) is 2.99. The molecule has 0 radical (unpaired) electrons. The van der Waals surface area contributed by atoms with Crippen molar-refractivity contribution in [2.24, 2.45) is 0 Å². The maximum Gasteiger partial charge on any atom is 0.255 e. The van der Waals surface area contributed by atoms with Crippen LogP contribution >= 0.6 is 11.8 Å². The summed E-state index contributed by atoms with van der Waals surface area (Å²) < 4.78 is 0. The third kappa shape index (κ3) is 3.28. The molecule has 2 aromatic carbocycles. The summed E-state index contributed by atoms with van der Waals surface area (Å²) >= 11 is 1.63. The monoisotopic (exact) mass is 312 g/mol. The molecule has 0 aromatic heterocycles. The van der Waals surface area contributed by atoms with Crippen molar-refractivity contribution in [3.63, 3.8) is 0 Å². The minimum atomic E-state index is -0.0607. The first-order valence-corrected chi connectivity index (χ1v) is 8.80. The van der Waals surface area contributed by atoms with Crippen molar-refractivity contribution >= 4 is 29.0 Å². The Hall–Kier alpha value is -1.94. The molecule has 114 valence electrons. The van der Waals surface area contributed by atoms with Gasteiger partial charge in [0.15, 0.2) is 0 Å². The molecule has 0 spiro atoms. The molecule has 1 amide bonds. The number of carbonyl (C=O) groups excluding carboxylic acids is 1. The van der Waals surface area contributed by atoms with E-state index in [1.807, 2.05) is 54.8 Å². The molecule has 0 bridgehead atoms. The maximum atomic E-state index is 12.4. The van der Waals surface area contributed by atoms with Crippen molar-refractivity contribution in [2.75, 3.05) is 29.6 Å². The topological polar surface area (TPSA) is 32.3 Å². The van der Waals surface area contributed by atoms with Crippen LogP contribution in [0.25, 0.3) is 0 Å². The second-order valence-corrected chi connectivity index (χ2v) is 6.24. The van der Waals surface area contributed by atoms with Crippen molar-refractivity contribution < 1.29 is 4.79 Å². The Balaban J connectivity index is 1.72. The molecule has 1 saturated heterocycles. The summed E-state index contributed by atoms with van der Waals surface area (Å²) in [6, 6.07) is 15.8. The first kappa shape index (κ1) is 15.0. The summed E-state index contributed by atoms with van der Waals surface area (Å²) in [4.78, 5) is 15.8. The van der Waals surface area contributed by atoms with Gasteiger partial charge in [-0.25, -0.2) is 0 Å². The van der Waals surface area contributed by atoms with Crippen LogP contribution in [-0.2, 0) is 0 Å². The van der Waals surface area contributed by atoms with E-state index in [0.29, 0.717) is 5.56 Å². The lowest BCUT2D eigenvalue weighted by Crippen LogP contribution is -2.18. The van der Waals surface area contributed by atoms with E-state index in [1.165, 1.54) is 18.5 Å². The lowest BCUT2D eigenvalue weighted by atomic mass is 10.1. The van der Waals surface area contributed by atoms with Crippen LogP contribution in [0.3, 0.4) is 0 Å². The predicted molar refractivity (Wildman–Crippen MR) is 94.1 cm³/mol. The fraction of sp³-hybridized carbons (Fsp3) is 0.278. The number of rotatable bonds is 4. The average molecular weight is 312 g/mol. The highest BCUT2D eigenvalue weighted by atomic mass is 32.2. The van der Waals surface area contributed by atoms with Crippen LogP contribution in [0.15, 0.2) is 53.4 Å². The Morgan fingerprint density at radius 3 is 2.41 bits per heavy atom. The molecule has 0 atom stereocenters. The Kier molecular flexibility index (Phi) is 4.68. The van der Waals surface area contributed by atoms with Crippen LogP contribution in [0.2, 0.25) is 0 Å². The Morgan fingerprint density at radius 2 is 1.73 bits per heavy atom. The van der Waals surface area contributed by atoms with Crippen molar-refractivity contribution in [3.05, 3.63) is 54.1 Å². The summed E-state index contributed by atoms with van der Waals surface area (Å²) in [7, 11) is 0. The normalized spacial score (nSPS) is 14.1. The summed E-state index contributed by atoms with van der Waals surface area (Å²) in [5.74, 6) is -0.0607. The molecule has 3 rings (SSSR count). The zero-order valence-corrected chi connectivity index (χ0v) is 13.5. The molecule has 0 aliphatic carbocycles. The highest BCUT2D eigenvalue weighted by molar-refractivity contribution is 7.98. The van der Waals surface area contributed by atoms with E-state index in [2.05, 4.69) is 10.2 Å². The quantitative estimate of drug-likeness (QED) is 0.856. The Labute approximate surface area is 135 Å². The number of hydrogen-bond donors (Lipinski definition) is 1. The van der Waals surface area contributed by atoms with Crippen molar-refractivity contribution in [3.8, 4) is 0 Å². The molecule has 4 heteroatoms. The van der Waals surface area contributed by atoms with E-state index in [4.69, 9.17) is 0 Å². The van der Waals surface area contributed by atoms with Gasteiger partial charge in [0.1, 0.15) is 0 Å². The Morgan fingerprint density at radius 1 is 1.05 bits per heavy atom. The molecule has 1 fully saturated rings. The molecule has 1 heterocycles. The second kappa shape index (κ2) is 6.88. The van der Waals surface area contributed by atoms with Crippen molar-refractivity contribution in [2.45, 2.75) is 17.7 Å². The number of thioether (sulfide) groups is 1. The SMILES string of the molecule is CSc1ccccc1NC(=O)c1ccc(N2CCCC2)cc1. The molecule has 0 unspecified atom stereocenters. The van der Waals surface area contributed by atoms with E-state index < -0.39 is 0 Å². The van der Waals surface area contributed by atoms with E-state index in [9.17, 15) is 4.79 Å². The first-order valence-electron chi connectivity index (χ1n) is 7.57. The lowest BCUT2D eigenvalue weighted by molar-refractivity contribution is 0.102. The number of carbonyl (C=O) groups is 1. The number of amides is 1. The minimum absolute atomic E-state index is 0.0607. The maximum absolute atomic E-state index is 12.4. The summed E-state index contributed by atoms with van der Waals surface area (Å²) in [6.07, 6.45) is 4.53. The van der Waals surface area contributed by atoms with Gasteiger partial charge in [-0.15, -0.1) is 11.8 Å². The zero-order chi connectivity index (χ0) is 15.4. The fourth-order valence-electron chi connectivity index (χ4n) is 2.74. The predicted octanol–water partition coefficient (Wildman–Crippen LogP) is 4.26. The molecule has 1 N–H and O–H groups in total. The number of nitrogens with one attached hydrogen (secondary N) is 1. The van der Waals surface area contributed by atoms with Crippen molar-refractivity contribution in [1.82, 2.24) is 0 Å². The molecule has 3 nitrogen and oxygen atoms in total. The van der Waals surface area contributed by atoms with Gasteiger partial charge < -0.3 is 10.2 Å². The number of anilines is 2. The molecule has 1 aliphatic rings. The van der Waals surface area contributed by atoms with Gasteiger partial charge >= 0.3 is 0 Å². The van der Waals surface area contributed by atoms with Crippen molar-refractivity contribution in [1.29, 1.82) is 0 Å². The van der Waals surface area contributed by atoms with Crippen LogP contribution in [0.5, 0.6) is 0 Å². The molecular formula is C18H20N2OS. The van der Waals surface area contributed by atoms with Gasteiger partial charge in [-0.2, -0.15) is 0 Å². The van der Waals surface area contributed by atoms with Gasteiger partial charge in [0, 0.05) is 29.2 Å². The number of nitrogens with zero attached hydrogens (tertiary/aromatic N) is 1. The van der Waals surface area contributed by atoms with E-state index in [1.54, 1.807) is 11.8 Å². The molecule has 0 saturated carbocycles. The van der Waals surface area contributed by atoms with E-state index in [0.717, 1.165) is 23.7 Å². The van der Waals surface area contributed by atoms with E-state index >= 15 is 0 Å². The number of benzene rings is 2. The van der Waals surface area contributed by atoms with Gasteiger partial charge in [0.2, 0.25) is 0 Å². The molecular weight excluding hydrogens is 292 g/mol. The molecule has 1 aliphatic heterocycles. The van der Waals surface area contributed by atoms with Crippen LogP contribution in [0.4, 0.5) is 11.4 Å². The van der Waals surface area contributed by atoms with Crippen LogP contribution in [0, 0.1) is 0 Å². The first-order chi connectivity index (χ1) is 10.8. The van der Waals surface area contributed by atoms with Gasteiger partial charge in [-0.3, -0.25) is 4.79 Å². The van der Waals surface area contributed by atoms with Gasteiger partial charge in [-0.05, 0) is 55.5 Å². The number of para-hydroxylation sites is 1. The lowest BCUT2D eigenvalue weighted by Gasteiger charge is -2.17. The average Bonchev–Trinajstić information content (AvgIpc) is 3.10. The molecule has 22 heavy (non-hydrogen) atoms. The Bertz CT molecular complexity index is 648. The second-order valence-electron chi connectivity index (χ2n) is 5.40. The van der Waals surface area contributed by atoms with Crippen LogP contribution < -0.4 is 10.2 Å². The van der Waals surface area contributed by atoms with Gasteiger partial charge in [-0.1, -0.05) is 12.1 Å². The smallest absolute Gasteiger partial charge is 0.255 e. The van der Waals surface area contributed by atoms with Gasteiger partial charge in [0.05, 0.1) is 5.69 Å². The standard InChI is InChI=1S/C18H20N2OS/c1-22-17-7-3-2-6-16(17)19-18(21)14-8-10-15(11-9-14)20-12-4-5-13-20/h2-3,6-11H,4-5,12-13H2,1H3,(H,19,21). The van der Waals surface area contributed by atoms with E-state index in [-0.39, 0.29) is 5.91 Å². The third-order valence-electron chi connectivity index (χ3n) is 3.96. The zero-order valence-electron chi connectivity index (χ0n) is 12.7. The highest BCUT2D eigenvalue weighted by Gasteiger charge is 2.13. The van der Waals surface area contributed by atoms with Crippen LogP contribution in [-0.4, -0.2) is 25.3 Å². The molecule has 2 aromatic rings. The largest absolute Gasteiger partial charge is 0.372 e. The minimum Gasteiger partial charge on any atom is -0.372 e. The summed E-state index contributed by atoms with van der Waals surface area (Å²) in [5.41, 5.74) is 2.76. The highest BCUT2D eigenvalue weighted by Crippen LogP contribution is 2.25. The van der Waals surface area contributed by atoms with Gasteiger partial charge in [0.25, 0.3) is 5.91 Å². The van der Waals surface area contributed by atoms with Crippen LogP contribution in [0.1, 0.15) is 23.2 Å².